The van der Waals surface area contributed by atoms with Crippen LogP contribution in [0.15, 0.2) is 23.9 Å². The molecule has 0 saturated heterocycles. The molecule has 20 heavy (non-hydrogen) atoms. The Balaban J connectivity index is 1.37. The van der Waals surface area contributed by atoms with Gasteiger partial charge in [0.2, 0.25) is 5.16 Å². The number of thioether (sulfide) groups is 1. The minimum absolute atomic E-state index is 0.734. The van der Waals surface area contributed by atoms with Crippen molar-refractivity contribution in [3.63, 3.8) is 0 Å². The first-order valence-corrected chi connectivity index (χ1v) is 7.98. The molecule has 0 spiro atoms. The van der Waals surface area contributed by atoms with Gasteiger partial charge in [0.25, 0.3) is 0 Å². The molecule has 1 aliphatic rings. The van der Waals surface area contributed by atoms with E-state index in [1.54, 1.807) is 18.0 Å². The molecule has 7 nitrogen and oxygen atoms in total. The Morgan fingerprint density at radius 2 is 2.30 bits per heavy atom. The molecule has 0 unspecified atom stereocenters. The van der Waals surface area contributed by atoms with Gasteiger partial charge in [-0.1, -0.05) is 11.8 Å². The Hall–Kier alpha value is -1.41. The number of aromatic nitrogens is 6. The fraction of sp³-hybridized carbons (Fsp3) is 0.667. The Labute approximate surface area is 122 Å². The van der Waals surface area contributed by atoms with E-state index in [-0.39, 0.29) is 0 Å². The van der Waals surface area contributed by atoms with Crippen molar-refractivity contribution >= 4 is 11.8 Å². The number of nitrogens with one attached hydrogen (secondary N) is 1. The maximum absolute atomic E-state index is 4.08. The van der Waals surface area contributed by atoms with E-state index in [9.17, 15) is 0 Å². The van der Waals surface area contributed by atoms with Crippen LogP contribution in [0.5, 0.6) is 0 Å². The van der Waals surface area contributed by atoms with E-state index in [0.29, 0.717) is 0 Å². The average molecular weight is 293 g/mol. The zero-order chi connectivity index (χ0) is 13.6. The molecule has 1 aliphatic carbocycles. The van der Waals surface area contributed by atoms with Crippen LogP contribution in [-0.2, 0) is 13.1 Å². The highest BCUT2D eigenvalue weighted by atomic mass is 32.2. The van der Waals surface area contributed by atoms with Gasteiger partial charge < -0.3 is 9.88 Å². The van der Waals surface area contributed by atoms with E-state index >= 15 is 0 Å². The molecule has 1 fully saturated rings. The summed E-state index contributed by atoms with van der Waals surface area (Å²) in [5.74, 6) is 1.01. The summed E-state index contributed by atoms with van der Waals surface area (Å²) in [5, 5.41) is 16.3. The third-order valence-corrected chi connectivity index (χ3v) is 4.23. The highest BCUT2D eigenvalue weighted by Gasteiger charge is 2.19. The minimum atomic E-state index is 0.734. The van der Waals surface area contributed by atoms with Crippen molar-refractivity contribution in [1.29, 1.82) is 0 Å². The number of hydrogen-bond donors (Lipinski definition) is 1. The van der Waals surface area contributed by atoms with Crippen molar-refractivity contribution in [3.05, 3.63) is 18.7 Å². The molecular weight excluding hydrogens is 274 g/mol. The normalized spacial score (nSPS) is 14.8. The summed E-state index contributed by atoms with van der Waals surface area (Å²) in [4.78, 5) is 4.03. The molecule has 1 N–H and O–H groups in total. The van der Waals surface area contributed by atoms with Gasteiger partial charge >= 0.3 is 0 Å². The lowest BCUT2D eigenvalue weighted by Gasteiger charge is -2.05. The van der Waals surface area contributed by atoms with Crippen molar-refractivity contribution < 1.29 is 0 Å². The van der Waals surface area contributed by atoms with Crippen LogP contribution in [0.1, 0.15) is 19.3 Å². The first-order chi connectivity index (χ1) is 9.92. The second kappa shape index (κ2) is 6.85. The van der Waals surface area contributed by atoms with E-state index in [4.69, 9.17) is 0 Å². The predicted molar refractivity (Wildman–Crippen MR) is 76.4 cm³/mol. The minimum Gasteiger partial charge on any atom is -0.337 e. The van der Waals surface area contributed by atoms with Crippen molar-refractivity contribution in [1.82, 2.24) is 35.1 Å². The van der Waals surface area contributed by atoms with E-state index in [1.807, 2.05) is 17.2 Å². The lowest BCUT2D eigenvalue weighted by atomic mass is 10.5. The highest BCUT2D eigenvalue weighted by Crippen LogP contribution is 2.18. The number of nitrogens with zero attached hydrogens (tertiary/aromatic N) is 6. The third-order valence-electron chi connectivity index (χ3n) is 3.18. The van der Waals surface area contributed by atoms with E-state index in [0.717, 1.165) is 43.0 Å². The number of tetrazole rings is 1. The smallest absolute Gasteiger partial charge is 0.209 e. The lowest BCUT2D eigenvalue weighted by Crippen LogP contribution is -2.22. The summed E-state index contributed by atoms with van der Waals surface area (Å²) in [6, 6.07) is 0.734. The summed E-state index contributed by atoms with van der Waals surface area (Å²) >= 11 is 1.72. The fourth-order valence-electron chi connectivity index (χ4n) is 1.93. The van der Waals surface area contributed by atoms with Gasteiger partial charge in [-0.25, -0.2) is 9.67 Å². The molecule has 2 aromatic rings. The molecule has 0 radical (unpaired) electrons. The van der Waals surface area contributed by atoms with Crippen molar-refractivity contribution in [2.75, 3.05) is 12.3 Å². The fourth-order valence-corrected chi connectivity index (χ4v) is 2.76. The van der Waals surface area contributed by atoms with Gasteiger partial charge in [-0.2, -0.15) is 0 Å². The summed E-state index contributed by atoms with van der Waals surface area (Å²) < 4.78 is 3.97. The topological polar surface area (TPSA) is 73.5 Å². The molecule has 2 aromatic heterocycles. The van der Waals surface area contributed by atoms with Crippen LogP contribution in [0.3, 0.4) is 0 Å². The van der Waals surface area contributed by atoms with Gasteiger partial charge in [0, 0.05) is 37.3 Å². The predicted octanol–water partition coefficient (Wildman–Crippen LogP) is 0.804. The Morgan fingerprint density at radius 3 is 3.10 bits per heavy atom. The first kappa shape index (κ1) is 13.6. The number of aryl methyl sites for hydroxylation is 1. The van der Waals surface area contributed by atoms with Crippen molar-refractivity contribution in [2.45, 2.75) is 43.6 Å². The van der Waals surface area contributed by atoms with Crippen LogP contribution in [0.4, 0.5) is 0 Å². The van der Waals surface area contributed by atoms with Gasteiger partial charge in [-0.3, -0.25) is 0 Å². The molecule has 0 amide bonds. The molecule has 8 heteroatoms. The standard InChI is InChI=1S/C12H19N7S/c1(6-18-7-4-13-10-18)9-20-12-15-16-17-19(12)8-5-14-11-2-3-11/h4,7,10-11,14H,1-3,5-6,8-9H2. The van der Waals surface area contributed by atoms with Crippen molar-refractivity contribution in [3.8, 4) is 0 Å². The molecule has 0 aliphatic heterocycles. The SMILES string of the molecule is c1cn(CCCSc2nnnn2CCNC2CC2)cn1. The van der Waals surface area contributed by atoms with Crippen LogP contribution in [-0.4, -0.2) is 48.1 Å². The van der Waals surface area contributed by atoms with Crippen LogP contribution in [0.2, 0.25) is 0 Å². The second-order valence-corrected chi connectivity index (χ2v) is 5.98. The van der Waals surface area contributed by atoms with Crippen LogP contribution in [0, 0.1) is 0 Å². The molecule has 108 valence electrons. The van der Waals surface area contributed by atoms with Crippen LogP contribution >= 0.6 is 11.8 Å². The van der Waals surface area contributed by atoms with Crippen LogP contribution < -0.4 is 5.32 Å². The van der Waals surface area contributed by atoms with Gasteiger partial charge in [-0.15, -0.1) is 5.10 Å². The number of hydrogen-bond acceptors (Lipinski definition) is 6. The lowest BCUT2D eigenvalue weighted by molar-refractivity contribution is 0.509. The Kier molecular flexibility index (Phi) is 4.65. The molecule has 2 heterocycles. The largest absolute Gasteiger partial charge is 0.337 e. The average Bonchev–Trinajstić information content (AvgIpc) is 2.96. The second-order valence-electron chi connectivity index (χ2n) is 4.92. The van der Waals surface area contributed by atoms with E-state index < -0.39 is 0 Å². The van der Waals surface area contributed by atoms with Gasteiger partial charge in [-0.05, 0) is 29.7 Å². The van der Waals surface area contributed by atoms with Crippen LogP contribution in [0.25, 0.3) is 0 Å². The number of rotatable bonds is 9. The monoisotopic (exact) mass is 293 g/mol. The highest BCUT2D eigenvalue weighted by molar-refractivity contribution is 7.99. The molecule has 0 atom stereocenters. The molecule has 3 rings (SSSR count). The van der Waals surface area contributed by atoms with Gasteiger partial charge in [0.15, 0.2) is 0 Å². The maximum atomic E-state index is 4.08. The molecule has 0 aromatic carbocycles. The zero-order valence-electron chi connectivity index (χ0n) is 11.4. The summed E-state index contributed by atoms with van der Waals surface area (Å²) in [6.07, 6.45) is 9.34. The maximum Gasteiger partial charge on any atom is 0.209 e. The summed E-state index contributed by atoms with van der Waals surface area (Å²) in [5.41, 5.74) is 0. The van der Waals surface area contributed by atoms with Gasteiger partial charge in [0.1, 0.15) is 0 Å². The zero-order valence-corrected chi connectivity index (χ0v) is 12.2. The molecular formula is C12H19N7S. The third kappa shape index (κ3) is 4.04. The molecule has 0 bridgehead atoms. The molecule has 1 saturated carbocycles. The Bertz CT molecular complexity index is 506. The Morgan fingerprint density at radius 1 is 1.35 bits per heavy atom. The number of imidazole rings is 1. The summed E-state index contributed by atoms with van der Waals surface area (Å²) in [6.45, 7) is 2.77. The first-order valence-electron chi connectivity index (χ1n) is 7.00. The summed E-state index contributed by atoms with van der Waals surface area (Å²) in [7, 11) is 0. The van der Waals surface area contributed by atoms with Gasteiger partial charge in [0.05, 0.1) is 12.9 Å². The van der Waals surface area contributed by atoms with Crippen molar-refractivity contribution in [2.24, 2.45) is 0 Å². The quantitative estimate of drug-likeness (QED) is 0.545. The van der Waals surface area contributed by atoms with E-state index in [2.05, 4.69) is 30.4 Å². The van der Waals surface area contributed by atoms with E-state index in [1.165, 1.54) is 12.8 Å².